The monoisotopic (exact) mass is 1820 g/mol. The predicted molar refractivity (Wildman–Crippen MR) is 478 cm³/mol. The van der Waals surface area contributed by atoms with Crippen molar-refractivity contribution >= 4 is 134 Å². The molecule has 3 aliphatic heterocycles. The van der Waals surface area contributed by atoms with Crippen LogP contribution in [0.1, 0.15) is 134 Å². The highest BCUT2D eigenvalue weighted by atomic mass is 32.2. The highest BCUT2D eigenvalue weighted by Crippen LogP contribution is 2.28. The second kappa shape index (κ2) is 47.9. The van der Waals surface area contributed by atoms with E-state index in [2.05, 4.69) is 73.1 Å². The third-order valence-corrected chi connectivity index (χ3v) is 24.6. The predicted octanol–water partition coefficient (Wildman–Crippen LogP) is -2.20. The van der Waals surface area contributed by atoms with E-state index >= 15 is 33.6 Å². The zero-order valence-electron chi connectivity index (χ0n) is 74.3. The Hall–Kier alpha value is -13.0. The Bertz CT molecular complexity index is 5030. The van der Waals surface area contributed by atoms with Crippen molar-refractivity contribution in [1.82, 2.24) is 97.6 Å². The molecule has 42 heteroatoms. The number of hydrogen-bond donors (Lipinski definition) is 18. The summed E-state index contributed by atoms with van der Waals surface area (Å²) in [6.45, 7) is 6.09. The summed E-state index contributed by atoms with van der Waals surface area (Å²) in [6, 6.07) is -1.30. The summed E-state index contributed by atoms with van der Waals surface area (Å²) < 4.78 is 0. The van der Waals surface area contributed by atoms with Crippen LogP contribution in [0.5, 0.6) is 5.75 Å². The standard InChI is InChI=1S/C88H122N22O19S/c1-9-11-23-68-81(122)103-65(39-89)79(120)105-67(76(117)95-43-73(91)114)45-130-46-74(115)97-62(34-50-27-29-54(112)30-28-50)84(125)106(6)49(5)75(116)100-64(38-72(90)113)87(128)110-32-18-26-70(110)83(124)99-60(37-53-42-92-47-96-53)78(119)101-61(33-48(3)4)86(127)109-31-17-25-69(109)82(123)98-59(35-51-40-93-57-21-15-13-19-55(51)57)77(118)104-66(44-111)80(121)102-63(36-52-41-94-58-22-16-14-20-56(52)58)85(126)108(8)71(24-12-10-2)88(129)107(68)7/h13-16,19-22,27-30,40-42,47-49,59-71,93-94,111-112H,9-12,17-18,23-26,31-39,43-46,89H2,1-8H3,(H2,90,113)(H2,91,114)(H,92,96)(H,95,117)(H,97,115)(H,98,123)(H,99,124)(H,100,116)(H,101,119)(H,102,121)(H,103,122)(H,104,118)(H,105,120)/t49-,59-,60-,61-,62-,63-,64-,65-,66-,67-,68-,69-,70-,71-/m0/s1. The number of aromatic nitrogens is 4. The lowest BCUT2D eigenvalue weighted by molar-refractivity contribution is -0.149. The molecule has 6 aromatic rings. The van der Waals surface area contributed by atoms with E-state index in [0.717, 1.165) is 31.4 Å². The van der Waals surface area contributed by atoms with Crippen LogP contribution in [0.25, 0.3) is 21.8 Å². The maximum absolute atomic E-state index is 15.6. The van der Waals surface area contributed by atoms with Gasteiger partial charge < -0.3 is 120 Å². The molecule has 0 bridgehead atoms. The second-order valence-electron chi connectivity index (χ2n) is 33.5. The number of para-hydroxylation sites is 2. The Morgan fingerprint density at radius 1 is 0.531 bits per heavy atom. The number of aromatic amines is 3. The van der Waals surface area contributed by atoms with Gasteiger partial charge in [-0.2, -0.15) is 0 Å². The molecule has 704 valence electrons. The number of hydrogen-bond acceptors (Lipinski definition) is 22. The van der Waals surface area contributed by atoms with E-state index < -0.39 is 223 Å². The number of carbonyl (C=O) groups excluding carboxylic acids is 17. The van der Waals surface area contributed by atoms with Gasteiger partial charge in [-0.1, -0.05) is 102 Å². The zero-order chi connectivity index (χ0) is 94.7. The van der Waals surface area contributed by atoms with E-state index in [-0.39, 0.29) is 101 Å². The van der Waals surface area contributed by atoms with Gasteiger partial charge in [0.05, 0.1) is 37.3 Å². The largest absolute Gasteiger partial charge is 0.508 e. The molecular formula is C88H122N22O19S. The number of amides is 17. The van der Waals surface area contributed by atoms with Gasteiger partial charge in [0.1, 0.15) is 90.3 Å². The molecule has 0 saturated carbocycles. The number of aliphatic hydroxyl groups excluding tert-OH is 1. The van der Waals surface area contributed by atoms with E-state index in [1.165, 1.54) is 69.8 Å². The number of fused-ring (bicyclic) bond motifs is 4. The highest BCUT2D eigenvalue weighted by molar-refractivity contribution is 8.00. The zero-order valence-corrected chi connectivity index (χ0v) is 75.1. The Morgan fingerprint density at radius 2 is 1.02 bits per heavy atom. The van der Waals surface area contributed by atoms with Gasteiger partial charge in [-0.05, 0) is 98.7 Å². The SMILES string of the molecule is CCCC[C@H]1C(=O)N(C)[C@@H](CCCC)C(=O)N[C@@H](CN)C(=O)N[C@H](C(=O)NCC(N)=O)CSCC(=O)N[C@@H](Cc2ccc(O)cc2)C(=O)N(C)[C@@H](C)C(=O)N[C@@H](CC(N)=O)C(=O)N2CCC[C@H]2C(=O)N[C@@H](Cc2c[nH]cn2)C(=O)N[C@@H](CC(C)C)C(=O)N2CCC[C@H]2C(=O)N[C@@H](Cc2c[nH]c3ccccc23)C(=O)N[C@@H](CO)C(=O)N[C@@H](Cc2c[nH]c3ccccc23)C(=O)N1C. The Kier molecular flexibility index (Phi) is 37.1. The molecule has 6 heterocycles. The van der Waals surface area contributed by atoms with Gasteiger partial charge in [0.25, 0.3) is 0 Å². The number of imidazole rings is 1. The van der Waals surface area contributed by atoms with Crippen LogP contribution < -0.4 is 70.4 Å². The lowest BCUT2D eigenvalue weighted by Gasteiger charge is -2.36. The molecular weight excluding hydrogens is 1700 g/mol. The van der Waals surface area contributed by atoms with Crippen LogP contribution in [0.2, 0.25) is 0 Å². The number of unbranched alkanes of at least 4 members (excludes halogenated alkanes) is 2. The molecule has 3 aliphatic rings. The lowest BCUT2D eigenvalue weighted by atomic mass is 10.00. The maximum atomic E-state index is 15.6. The maximum Gasteiger partial charge on any atom is 0.246 e. The topological polar surface area (TPSA) is 605 Å². The van der Waals surface area contributed by atoms with Gasteiger partial charge in [-0.15, -0.1) is 11.8 Å². The molecule has 17 amide bonds. The van der Waals surface area contributed by atoms with Crippen molar-refractivity contribution in [3.63, 3.8) is 0 Å². The van der Waals surface area contributed by atoms with Gasteiger partial charge in [-0.3, -0.25) is 81.5 Å². The first-order valence-electron chi connectivity index (χ1n) is 43.8. The minimum atomic E-state index is -1.84. The van der Waals surface area contributed by atoms with Gasteiger partial charge in [-0.25, -0.2) is 4.98 Å². The summed E-state index contributed by atoms with van der Waals surface area (Å²) in [5.74, 6) is -16.9. The molecule has 0 unspecified atom stereocenters. The van der Waals surface area contributed by atoms with E-state index in [0.29, 0.717) is 64.2 Å². The Labute approximate surface area is 756 Å². The van der Waals surface area contributed by atoms with Crippen LogP contribution in [0.3, 0.4) is 0 Å². The lowest BCUT2D eigenvalue weighted by Crippen LogP contribution is -2.62. The molecule has 130 heavy (non-hydrogen) atoms. The average molecular weight is 1820 g/mol. The summed E-state index contributed by atoms with van der Waals surface area (Å²) in [4.78, 5) is 267. The molecule has 0 spiro atoms. The molecule has 21 N–H and O–H groups in total. The summed E-state index contributed by atoms with van der Waals surface area (Å²) in [7, 11) is 3.93. The number of H-pyrrole nitrogens is 3. The number of aliphatic hydroxyl groups is 1. The van der Waals surface area contributed by atoms with Crippen molar-refractivity contribution in [2.24, 2.45) is 23.1 Å². The van der Waals surface area contributed by atoms with Gasteiger partial charge in [0.2, 0.25) is 100 Å². The molecule has 3 aromatic heterocycles. The van der Waals surface area contributed by atoms with E-state index in [1.54, 1.807) is 74.8 Å². The summed E-state index contributed by atoms with van der Waals surface area (Å²) in [5.41, 5.74) is 20.4. The third-order valence-electron chi connectivity index (χ3n) is 23.5. The van der Waals surface area contributed by atoms with Crippen LogP contribution in [0.4, 0.5) is 0 Å². The van der Waals surface area contributed by atoms with Crippen LogP contribution in [0, 0.1) is 5.92 Å². The number of primary amides is 2. The minimum Gasteiger partial charge on any atom is -0.508 e. The molecule has 9 rings (SSSR count). The van der Waals surface area contributed by atoms with Crippen molar-refractivity contribution in [3.05, 3.63) is 120 Å². The number of benzene rings is 3. The normalized spacial score (nSPS) is 24.7. The summed E-state index contributed by atoms with van der Waals surface area (Å²) >= 11 is 0.765. The van der Waals surface area contributed by atoms with Crippen LogP contribution in [0.15, 0.2) is 97.7 Å². The first-order valence-corrected chi connectivity index (χ1v) is 44.9. The van der Waals surface area contributed by atoms with Crippen molar-refractivity contribution < 1.29 is 91.7 Å². The number of phenols is 1. The second-order valence-corrected chi connectivity index (χ2v) is 34.5. The number of likely N-dealkylation sites (N-methyl/N-ethyl adjacent to an activating group) is 3. The molecule has 3 fully saturated rings. The van der Waals surface area contributed by atoms with Crippen LogP contribution >= 0.6 is 11.8 Å². The quantitative estimate of drug-likeness (QED) is 0.0324. The molecule has 3 aromatic carbocycles. The number of nitrogens with zero attached hydrogens (tertiary/aromatic N) is 6. The first kappa shape index (κ1) is 101. The number of carbonyl (C=O) groups is 17. The fourth-order valence-corrected chi connectivity index (χ4v) is 17.1. The molecule has 3 saturated heterocycles. The van der Waals surface area contributed by atoms with Crippen molar-refractivity contribution in [2.75, 3.05) is 65.4 Å². The average Bonchev–Trinajstić information content (AvgIpc) is 1.69. The minimum absolute atomic E-state index is 0.00116. The number of nitrogens with two attached hydrogens (primary N) is 3. The number of nitrogens with one attached hydrogen (secondary N) is 13. The van der Waals surface area contributed by atoms with E-state index in [1.807, 2.05) is 13.8 Å². The molecule has 0 radical (unpaired) electrons. The summed E-state index contributed by atoms with van der Waals surface area (Å²) in [6.07, 6.45) is 6.56. The van der Waals surface area contributed by atoms with Gasteiger partial charge >= 0.3 is 0 Å². The number of rotatable bonds is 23. The molecule has 0 aliphatic carbocycles. The molecule has 14 atom stereocenters. The molecule has 41 nitrogen and oxygen atoms in total. The summed E-state index contributed by atoms with van der Waals surface area (Å²) in [5, 5.41) is 49.1. The Balaban J connectivity index is 1.08. The smallest absolute Gasteiger partial charge is 0.246 e. The van der Waals surface area contributed by atoms with Crippen molar-refractivity contribution in [2.45, 2.75) is 222 Å². The van der Waals surface area contributed by atoms with Crippen molar-refractivity contribution in [1.29, 1.82) is 0 Å². The first-order chi connectivity index (χ1) is 62.0. The highest BCUT2D eigenvalue weighted by Gasteiger charge is 2.46. The van der Waals surface area contributed by atoms with Crippen LogP contribution in [-0.4, -0.2) is 305 Å². The van der Waals surface area contributed by atoms with E-state index in [9.17, 15) is 58.2 Å². The fourth-order valence-electron chi connectivity index (χ4n) is 16.2. The number of aromatic hydroxyl groups is 1. The van der Waals surface area contributed by atoms with E-state index in [4.69, 9.17) is 17.2 Å². The number of thioether (sulfide) groups is 1. The number of phenolic OH excluding ortho intramolecular Hbond substituents is 1. The van der Waals surface area contributed by atoms with Crippen molar-refractivity contribution in [3.8, 4) is 5.75 Å². The van der Waals surface area contributed by atoms with Gasteiger partial charge in [0.15, 0.2) is 0 Å². The Morgan fingerprint density at radius 3 is 1.57 bits per heavy atom. The fraction of sp³-hybridized carbons (Fsp3) is 0.523. The third kappa shape index (κ3) is 27.1. The van der Waals surface area contributed by atoms with Crippen LogP contribution in [-0.2, 0) is 107 Å². The van der Waals surface area contributed by atoms with Gasteiger partial charge in [0, 0.05) is 113 Å².